The Morgan fingerprint density at radius 3 is 2.48 bits per heavy atom. The van der Waals surface area contributed by atoms with Crippen LogP contribution >= 0.6 is 0 Å². The van der Waals surface area contributed by atoms with Crippen LogP contribution in [-0.2, 0) is 16.1 Å². The first-order valence-corrected chi connectivity index (χ1v) is 10.5. The van der Waals surface area contributed by atoms with Gasteiger partial charge < -0.3 is 9.15 Å². The Morgan fingerprint density at radius 2 is 1.79 bits per heavy atom. The van der Waals surface area contributed by atoms with Crippen molar-refractivity contribution < 1.29 is 23.1 Å². The summed E-state index contributed by atoms with van der Waals surface area (Å²) in [5.74, 6) is 0.349. The van der Waals surface area contributed by atoms with E-state index in [9.17, 15) is 14.0 Å². The summed E-state index contributed by atoms with van der Waals surface area (Å²) in [7, 11) is 0. The largest absolute Gasteiger partial charge is 0.494 e. The standard InChI is InChI=1S/C23H20FN5O4/c1-3-32-17-10-4-14(5-11-17)21-25-18(13(2)33-21)12-28-20-19(26-27-28)22(30)29(23(20)31)16-8-6-15(24)7-9-16/h4-11,19-20H,3,12H2,1-2H3. The molecule has 5 rings (SSSR count). The number of hydrogen-bond donors (Lipinski definition) is 0. The molecule has 3 aromatic rings. The number of rotatable bonds is 6. The van der Waals surface area contributed by atoms with Crippen molar-refractivity contribution in [3.05, 3.63) is 65.8 Å². The second kappa shape index (κ2) is 8.12. The summed E-state index contributed by atoms with van der Waals surface area (Å²) in [6, 6.07) is 10.7. The van der Waals surface area contributed by atoms with Gasteiger partial charge in [-0.2, -0.15) is 5.11 Å². The lowest BCUT2D eigenvalue weighted by atomic mass is 10.1. The van der Waals surface area contributed by atoms with Gasteiger partial charge in [0.15, 0.2) is 12.1 Å². The number of aryl methyl sites for hydroxylation is 1. The van der Waals surface area contributed by atoms with E-state index in [0.29, 0.717) is 29.6 Å². The molecule has 1 saturated heterocycles. The van der Waals surface area contributed by atoms with Crippen molar-refractivity contribution >= 4 is 17.5 Å². The van der Waals surface area contributed by atoms with Crippen LogP contribution in [0.4, 0.5) is 10.1 Å². The molecule has 9 nitrogen and oxygen atoms in total. The lowest BCUT2D eigenvalue weighted by Gasteiger charge is -2.19. The van der Waals surface area contributed by atoms with Crippen molar-refractivity contribution in [3.8, 4) is 17.2 Å². The molecule has 2 aromatic carbocycles. The molecule has 0 spiro atoms. The maximum Gasteiger partial charge on any atom is 0.263 e. The fourth-order valence-corrected chi connectivity index (χ4v) is 3.91. The molecule has 2 amide bonds. The number of ether oxygens (including phenoxy) is 1. The molecule has 0 saturated carbocycles. The molecular formula is C23H20FN5O4. The number of benzene rings is 2. The highest BCUT2D eigenvalue weighted by Gasteiger charge is 2.54. The first kappa shape index (κ1) is 20.8. The number of halogens is 1. The molecule has 2 aliphatic rings. The summed E-state index contributed by atoms with van der Waals surface area (Å²) in [6.07, 6.45) is 0. The van der Waals surface area contributed by atoms with Crippen LogP contribution in [0.5, 0.6) is 5.75 Å². The Morgan fingerprint density at radius 1 is 1.06 bits per heavy atom. The van der Waals surface area contributed by atoms with Crippen LogP contribution in [0.1, 0.15) is 18.4 Å². The average molecular weight is 449 g/mol. The van der Waals surface area contributed by atoms with Crippen molar-refractivity contribution in [2.45, 2.75) is 32.5 Å². The average Bonchev–Trinajstić information content (AvgIpc) is 3.46. The van der Waals surface area contributed by atoms with Gasteiger partial charge in [-0.15, -0.1) is 0 Å². The second-order valence-electron chi connectivity index (χ2n) is 7.66. The summed E-state index contributed by atoms with van der Waals surface area (Å²) in [4.78, 5) is 31.5. The Bertz CT molecular complexity index is 1240. The van der Waals surface area contributed by atoms with E-state index in [2.05, 4.69) is 15.3 Å². The van der Waals surface area contributed by atoms with Gasteiger partial charge in [0.1, 0.15) is 23.0 Å². The fourth-order valence-electron chi connectivity index (χ4n) is 3.91. The van der Waals surface area contributed by atoms with Crippen LogP contribution in [-0.4, -0.2) is 40.5 Å². The van der Waals surface area contributed by atoms with Crippen LogP contribution in [0.25, 0.3) is 11.5 Å². The number of amides is 2. The number of imide groups is 1. The molecule has 1 aromatic heterocycles. The summed E-state index contributed by atoms with van der Waals surface area (Å²) >= 11 is 0. The monoisotopic (exact) mass is 449 g/mol. The minimum absolute atomic E-state index is 0.146. The Balaban J connectivity index is 1.35. The second-order valence-corrected chi connectivity index (χ2v) is 7.66. The highest BCUT2D eigenvalue weighted by Crippen LogP contribution is 2.33. The molecule has 2 unspecified atom stereocenters. The Hall–Kier alpha value is -4.08. The highest BCUT2D eigenvalue weighted by atomic mass is 19.1. The number of aromatic nitrogens is 1. The number of fused-ring (bicyclic) bond motifs is 1. The summed E-state index contributed by atoms with van der Waals surface area (Å²) in [6.45, 7) is 4.41. The van der Waals surface area contributed by atoms with E-state index < -0.39 is 29.7 Å². The third-order valence-corrected chi connectivity index (χ3v) is 5.56. The predicted octanol–water partition coefficient (Wildman–Crippen LogP) is 3.68. The summed E-state index contributed by atoms with van der Waals surface area (Å²) < 4.78 is 24.5. The van der Waals surface area contributed by atoms with Crippen molar-refractivity contribution in [1.29, 1.82) is 0 Å². The van der Waals surface area contributed by atoms with Crippen LogP contribution in [0, 0.1) is 12.7 Å². The first-order valence-electron chi connectivity index (χ1n) is 10.5. The fraction of sp³-hybridized carbons (Fsp3) is 0.261. The number of nitrogens with zero attached hydrogens (tertiary/aromatic N) is 5. The lowest BCUT2D eigenvalue weighted by molar-refractivity contribution is -0.123. The molecule has 168 valence electrons. The number of carbonyl (C=O) groups excluding carboxylic acids is 2. The van der Waals surface area contributed by atoms with E-state index in [0.717, 1.165) is 16.2 Å². The number of oxazole rings is 1. The van der Waals surface area contributed by atoms with E-state index in [4.69, 9.17) is 9.15 Å². The normalized spacial score (nSPS) is 19.5. The third-order valence-electron chi connectivity index (χ3n) is 5.56. The van der Waals surface area contributed by atoms with Gasteiger partial charge >= 0.3 is 0 Å². The van der Waals surface area contributed by atoms with Gasteiger partial charge in [-0.1, -0.05) is 5.22 Å². The van der Waals surface area contributed by atoms with Gasteiger partial charge in [0.25, 0.3) is 11.8 Å². The van der Waals surface area contributed by atoms with Crippen LogP contribution in [0.2, 0.25) is 0 Å². The maximum absolute atomic E-state index is 13.3. The molecule has 0 bridgehead atoms. The molecule has 0 aliphatic carbocycles. The molecule has 0 N–H and O–H groups in total. The number of hydrogen-bond acceptors (Lipinski definition) is 8. The maximum atomic E-state index is 13.3. The van der Waals surface area contributed by atoms with Gasteiger partial charge in [0, 0.05) is 5.56 Å². The summed E-state index contributed by atoms with van der Waals surface area (Å²) in [5, 5.41) is 9.51. The van der Waals surface area contributed by atoms with E-state index in [1.54, 1.807) is 6.92 Å². The molecule has 10 heteroatoms. The Labute approximate surface area is 188 Å². The van der Waals surface area contributed by atoms with E-state index in [-0.39, 0.29) is 6.54 Å². The van der Waals surface area contributed by atoms with Gasteiger partial charge in [-0.3, -0.25) is 14.6 Å². The van der Waals surface area contributed by atoms with Crippen molar-refractivity contribution in [3.63, 3.8) is 0 Å². The number of anilines is 1. The third kappa shape index (κ3) is 3.63. The van der Waals surface area contributed by atoms with Gasteiger partial charge in [-0.25, -0.2) is 14.3 Å². The zero-order valence-electron chi connectivity index (χ0n) is 17.9. The van der Waals surface area contributed by atoms with Crippen LogP contribution in [0.15, 0.2) is 63.3 Å². The highest BCUT2D eigenvalue weighted by molar-refractivity contribution is 6.25. The van der Waals surface area contributed by atoms with Crippen LogP contribution in [0.3, 0.4) is 0 Å². The smallest absolute Gasteiger partial charge is 0.263 e. The molecule has 33 heavy (non-hydrogen) atoms. The predicted molar refractivity (Wildman–Crippen MR) is 115 cm³/mol. The molecule has 0 radical (unpaired) electrons. The molecule has 1 fully saturated rings. The van der Waals surface area contributed by atoms with Gasteiger partial charge in [0.05, 0.1) is 18.8 Å². The number of carbonyl (C=O) groups is 2. The minimum atomic E-state index is -0.944. The quantitative estimate of drug-likeness (QED) is 0.532. The molecule has 2 atom stereocenters. The zero-order valence-corrected chi connectivity index (χ0v) is 17.9. The van der Waals surface area contributed by atoms with Gasteiger partial charge in [-0.05, 0) is 62.4 Å². The van der Waals surface area contributed by atoms with E-state index in [1.807, 2.05) is 31.2 Å². The zero-order chi connectivity index (χ0) is 23.1. The van der Waals surface area contributed by atoms with Crippen molar-refractivity contribution in [2.75, 3.05) is 11.5 Å². The van der Waals surface area contributed by atoms with Gasteiger partial charge in [0.2, 0.25) is 5.89 Å². The first-order chi connectivity index (χ1) is 16.0. The van der Waals surface area contributed by atoms with E-state index in [1.165, 1.54) is 29.3 Å². The minimum Gasteiger partial charge on any atom is -0.494 e. The Kier molecular flexibility index (Phi) is 5.12. The van der Waals surface area contributed by atoms with Crippen molar-refractivity contribution in [1.82, 2.24) is 9.99 Å². The van der Waals surface area contributed by atoms with E-state index >= 15 is 0 Å². The topological polar surface area (TPSA) is 101 Å². The van der Waals surface area contributed by atoms with Crippen LogP contribution < -0.4 is 9.64 Å². The lowest BCUT2D eigenvalue weighted by Crippen LogP contribution is -2.39. The SMILES string of the molecule is CCOc1ccc(-c2nc(CN3N=NC4C(=O)N(c5ccc(F)cc5)C(=O)C43)c(C)o2)cc1. The molecular weight excluding hydrogens is 429 g/mol. The molecule has 2 aliphatic heterocycles. The molecule has 3 heterocycles. The van der Waals surface area contributed by atoms with Crippen molar-refractivity contribution in [2.24, 2.45) is 10.3 Å². The summed E-state index contributed by atoms with van der Waals surface area (Å²) in [5.41, 5.74) is 1.66.